The molecule has 1 N–H and O–H groups in total. The zero-order chi connectivity index (χ0) is 18.6. The molecule has 1 aromatic rings. The van der Waals surface area contributed by atoms with Crippen molar-refractivity contribution in [3.63, 3.8) is 0 Å². The quantitative estimate of drug-likeness (QED) is 0.868. The van der Waals surface area contributed by atoms with Crippen LogP contribution >= 0.6 is 0 Å². The Balaban J connectivity index is 2.36. The monoisotopic (exact) mass is 350 g/mol. The van der Waals surface area contributed by atoms with Crippen molar-refractivity contribution < 1.29 is 24.2 Å². The van der Waals surface area contributed by atoms with Crippen LogP contribution in [0.25, 0.3) is 0 Å². The number of nitrogens with zero attached hydrogens (tertiary/aromatic N) is 2. The van der Waals surface area contributed by atoms with Crippen LogP contribution in [-0.2, 0) is 4.79 Å². The smallest absolute Gasteiger partial charge is 0.308 e. The summed E-state index contributed by atoms with van der Waals surface area (Å²) in [6.45, 7) is 0.675. The molecule has 1 saturated heterocycles. The molecule has 1 amide bonds. The molecule has 0 bridgehead atoms. The van der Waals surface area contributed by atoms with Gasteiger partial charge in [-0.25, -0.2) is 0 Å². The Bertz CT molecular complexity index is 632. The molecule has 0 radical (unpaired) electrons. The number of carbonyl (C=O) groups is 2. The summed E-state index contributed by atoms with van der Waals surface area (Å²) in [5, 5.41) is 9.44. The van der Waals surface area contributed by atoms with Crippen LogP contribution in [0.4, 0.5) is 0 Å². The molecule has 1 aliphatic heterocycles. The first kappa shape index (κ1) is 19.1. The number of para-hydroxylation sites is 1. The normalized spacial score (nSPS) is 20.9. The molecular weight excluding hydrogens is 324 g/mol. The highest BCUT2D eigenvalue weighted by Gasteiger charge is 2.33. The first-order valence-electron chi connectivity index (χ1n) is 8.28. The standard InChI is InChI=1S/C18H26N2O5/c1-19(2)13-9-8-12(18(22)23)10-20(11-13)17(21)14-6-5-7-15(24-3)16(14)25-4/h5-7,12-13H,8-11H2,1-4H3,(H,22,23)/t12-,13+/m0/s1. The van der Waals surface area contributed by atoms with Gasteiger partial charge in [-0.2, -0.15) is 0 Å². The van der Waals surface area contributed by atoms with E-state index in [9.17, 15) is 14.7 Å². The predicted molar refractivity (Wildman–Crippen MR) is 93.3 cm³/mol. The number of aliphatic carboxylic acids is 1. The van der Waals surface area contributed by atoms with Crippen molar-refractivity contribution in [1.82, 2.24) is 9.80 Å². The summed E-state index contributed by atoms with van der Waals surface area (Å²) in [6, 6.07) is 5.24. The van der Waals surface area contributed by atoms with Gasteiger partial charge in [0.2, 0.25) is 0 Å². The van der Waals surface area contributed by atoms with E-state index in [4.69, 9.17) is 9.47 Å². The van der Waals surface area contributed by atoms with Crippen LogP contribution in [0.5, 0.6) is 11.5 Å². The van der Waals surface area contributed by atoms with Crippen LogP contribution in [-0.4, -0.2) is 74.2 Å². The van der Waals surface area contributed by atoms with E-state index < -0.39 is 11.9 Å². The number of rotatable bonds is 5. The maximum Gasteiger partial charge on any atom is 0.308 e. The average Bonchev–Trinajstić information content (AvgIpc) is 2.83. The van der Waals surface area contributed by atoms with Crippen molar-refractivity contribution in [3.8, 4) is 11.5 Å². The summed E-state index contributed by atoms with van der Waals surface area (Å²) in [7, 11) is 6.89. The Labute approximate surface area is 148 Å². The number of hydrogen-bond acceptors (Lipinski definition) is 5. The molecule has 2 atom stereocenters. The number of hydrogen-bond donors (Lipinski definition) is 1. The van der Waals surface area contributed by atoms with E-state index in [0.29, 0.717) is 30.0 Å². The van der Waals surface area contributed by atoms with E-state index in [-0.39, 0.29) is 18.5 Å². The van der Waals surface area contributed by atoms with E-state index in [1.54, 1.807) is 23.1 Å². The van der Waals surface area contributed by atoms with Crippen molar-refractivity contribution in [2.75, 3.05) is 41.4 Å². The molecule has 0 aromatic heterocycles. The second-order valence-electron chi connectivity index (χ2n) is 6.48. The summed E-state index contributed by atoms with van der Waals surface area (Å²) < 4.78 is 10.6. The van der Waals surface area contributed by atoms with Gasteiger partial charge in [0.25, 0.3) is 5.91 Å². The van der Waals surface area contributed by atoms with Gasteiger partial charge < -0.3 is 24.4 Å². The summed E-state index contributed by atoms with van der Waals surface area (Å²) in [5.74, 6) is -0.828. The van der Waals surface area contributed by atoms with Crippen LogP contribution in [0.1, 0.15) is 23.2 Å². The van der Waals surface area contributed by atoms with Crippen molar-refractivity contribution >= 4 is 11.9 Å². The van der Waals surface area contributed by atoms with Crippen molar-refractivity contribution in [1.29, 1.82) is 0 Å². The van der Waals surface area contributed by atoms with Gasteiger partial charge in [0.05, 0.1) is 25.7 Å². The molecule has 0 unspecified atom stereocenters. The average molecular weight is 350 g/mol. The van der Waals surface area contributed by atoms with Gasteiger partial charge in [-0.05, 0) is 39.1 Å². The Morgan fingerprint density at radius 3 is 2.44 bits per heavy atom. The van der Waals surface area contributed by atoms with E-state index in [1.165, 1.54) is 14.2 Å². The summed E-state index contributed by atoms with van der Waals surface area (Å²) in [6.07, 6.45) is 1.29. The van der Waals surface area contributed by atoms with E-state index in [0.717, 1.165) is 6.42 Å². The Kier molecular flexibility index (Phi) is 6.25. The molecule has 2 rings (SSSR count). The summed E-state index contributed by atoms with van der Waals surface area (Å²) in [4.78, 5) is 28.3. The van der Waals surface area contributed by atoms with Crippen molar-refractivity contribution in [3.05, 3.63) is 23.8 Å². The molecule has 138 valence electrons. The van der Waals surface area contributed by atoms with Gasteiger partial charge in [-0.1, -0.05) is 6.07 Å². The Hall–Kier alpha value is -2.28. The largest absolute Gasteiger partial charge is 0.493 e. The Morgan fingerprint density at radius 2 is 1.88 bits per heavy atom. The third-order valence-corrected chi connectivity index (χ3v) is 4.72. The topological polar surface area (TPSA) is 79.3 Å². The minimum Gasteiger partial charge on any atom is -0.493 e. The molecule has 7 nitrogen and oxygen atoms in total. The van der Waals surface area contributed by atoms with Crippen LogP contribution in [0.2, 0.25) is 0 Å². The second-order valence-corrected chi connectivity index (χ2v) is 6.48. The molecule has 0 spiro atoms. The van der Waals surface area contributed by atoms with Crippen LogP contribution in [0, 0.1) is 5.92 Å². The van der Waals surface area contributed by atoms with Gasteiger partial charge in [0.15, 0.2) is 11.5 Å². The number of methoxy groups -OCH3 is 2. The lowest BCUT2D eigenvalue weighted by atomic mass is 10.0. The van der Waals surface area contributed by atoms with Gasteiger partial charge >= 0.3 is 5.97 Å². The molecule has 1 heterocycles. The lowest BCUT2D eigenvalue weighted by Crippen LogP contribution is -2.43. The number of benzene rings is 1. The van der Waals surface area contributed by atoms with Gasteiger partial charge in [0, 0.05) is 19.1 Å². The highest BCUT2D eigenvalue weighted by molar-refractivity contribution is 5.98. The molecule has 1 fully saturated rings. The first-order chi connectivity index (χ1) is 11.9. The van der Waals surface area contributed by atoms with Crippen molar-refractivity contribution in [2.24, 2.45) is 5.92 Å². The van der Waals surface area contributed by atoms with Crippen LogP contribution in [0.15, 0.2) is 18.2 Å². The fourth-order valence-corrected chi connectivity index (χ4v) is 3.19. The van der Waals surface area contributed by atoms with Gasteiger partial charge in [-0.15, -0.1) is 0 Å². The van der Waals surface area contributed by atoms with Crippen LogP contribution in [0.3, 0.4) is 0 Å². The highest BCUT2D eigenvalue weighted by Crippen LogP contribution is 2.32. The molecule has 7 heteroatoms. The van der Waals surface area contributed by atoms with Gasteiger partial charge in [-0.3, -0.25) is 9.59 Å². The zero-order valence-corrected chi connectivity index (χ0v) is 15.2. The number of carboxylic acid groups (broad SMARTS) is 1. The molecule has 25 heavy (non-hydrogen) atoms. The minimum atomic E-state index is -0.866. The SMILES string of the molecule is COc1cccc(C(=O)N2C[C@@H](C(=O)O)CC[C@@H](N(C)C)C2)c1OC. The third-order valence-electron chi connectivity index (χ3n) is 4.72. The van der Waals surface area contributed by atoms with Crippen molar-refractivity contribution in [2.45, 2.75) is 18.9 Å². The maximum atomic E-state index is 13.1. The fraction of sp³-hybridized carbons (Fsp3) is 0.556. The molecule has 0 aliphatic carbocycles. The number of amides is 1. The highest BCUT2D eigenvalue weighted by atomic mass is 16.5. The predicted octanol–water partition coefficient (Wildman–Crippen LogP) is 1.57. The lowest BCUT2D eigenvalue weighted by molar-refractivity contribution is -0.142. The molecular formula is C18H26N2O5. The number of likely N-dealkylation sites (N-methyl/N-ethyl adjacent to an activating group) is 1. The second kappa shape index (κ2) is 8.20. The fourth-order valence-electron chi connectivity index (χ4n) is 3.19. The third kappa shape index (κ3) is 4.22. The molecule has 1 aliphatic rings. The summed E-state index contributed by atoms with van der Waals surface area (Å²) in [5.41, 5.74) is 0.380. The number of ether oxygens (including phenoxy) is 2. The van der Waals surface area contributed by atoms with E-state index in [2.05, 4.69) is 0 Å². The van der Waals surface area contributed by atoms with E-state index in [1.807, 2.05) is 19.0 Å². The number of likely N-dealkylation sites (tertiary alicyclic amines) is 1. The number of carbonyl (C=O) groups excluding carboxylic acids is 1. The summed E-state index contributed by atoms with van der Waals surface area (Å²) >= 11 is 0. The van der Waals surface area contributed by atoms with Gasteiger partial charge in [0.1, 0.15) is 0 Å². The first-order valence-corrected chi connectivity index (χ1v) is 8.28. The Morgan fingerprint density at radius 1 is 1.16 bits per heavy atom. The molecule has 1 aromatic carbocycles. The van der Waals surface area contributed by atoms with Crippen LogP contribution < -0.4 is 9.47 Å². The van der Waals surface area contributed by atoms with E-state index >= 15 is 0 Å². The maximum absolute atomic E-state index is 13.1. The molecule has 0 saturated carbocycles. The number of carboxylic acids is 1. The minimum absolute atomic E-state index is 0.116. The lowest BCUT2D eigenvalue weighted by Gasteiger charge is -2.29. The zero-order valence-electron chi connectivity index (χ0n) is 15.2.